The largest absolute Gasteiger partial charge is 0.363 e. The Kier molecular flexibility index (Phi) is 9.23. The summed E-state index contributed by atoms with van der Waals surface area (Å²) < 4.78 is 0. The first kappa shape index (κ1) is 20.5. The van der Waals surface area contributed by atoms with Crippen LogP contribution < -0.4 is 5.32 Å². The molecule has 2 aromatic rings. The van der Waals surface area contributed by atoms with E-state index in [4.69, 9.17) is 0 Å². The van der Waals surface area contributed by atoms with E-state index >= 15 is 0 Å². The van der Waals surface area contributed by atoms with E-state index in [1.807, 2.05) is 12.3 Å². The van der Waals surface area contributed by atoms with Gasteiger partial charge in [-0.1, -0.05) is 88.6 Å². The number of rotatable bonds is 12. The topological polar surface area (TPSA) is 24.9 Å². The molecule has 0 saturated carbocycles. The van der Waals surface area contributed by atoms with Crippen molar-refractivity contribution in [3.05, 3.63) is 59.3 Å². The molecule has 0 radical (unpaired) electrons. The van der Waals surface area contributed by atoms with Crippen LogP contribution in [0.4, 0.5) is 5.82 Å². The Hall–Kier alpha value is -1.83. The Morgan fingerprint density at radius 1 is 0.808 bits per heavy atom. The number of aryl methyl sites for hydroxylation is 2. The van der Waals surface area contributed by atoms with Crippen molar-refractivity contribution in [2.24, 2.45) is 0 Å². The summed E-state index contributed by atoms with van der Waals surface area (Å²) in [4.78, 5) is 4.55. The van der Waals surface area contributed by atoms with E-state index in [1.165, 1.54) is 68.1 Å². The lowest BCUT2D eigenvalue weighted by molar-refractivity contribution is 0.545. The summed E-state index contributed by atoms with van der Waals surface area (Å²) in [7, 11) is 0. The molecule has 0 aliphatic carbocycles. The third-order valence-electron chi connectivity index (χ3n) is 5.23. The van der Waals surface area contributed by atoms with Gasteiger partial charge in [0.25, 0.3) is 0 Å². The Balaban J connectivity index is 1.90. The van der Waals surface area contributed by atoms with Gasteiger partial charge in [-0.2, -0.15) is 0 Å². The average Bonchev–Trinajstić information content (AvgIpc) is 2.65. The molecule has 142 valence electrons. The molecule has 0 aliphatic rings. The third kappa shape index (κ3) is 6.82. The van der Waals surface area contributed by atoms with Gasteiger partial charge in [-0.25, -0.2) is 4.98 Å². The lowest BCUT2D eigenvalue weighted by atomic mass is 9.95. The van der Waals surface area contributed by atoms with E-state index in [9.17, 15) is 0 Å². The molecular formula is C24H36N2. The van der Waals surface area contributed by atoms with Gasteiger partial charge in [-0.3, -0.25) is 0 Å². The number of nitrogens with one attached hydrogen (secondary N) is 1. The molecule has 1 N–H and O–H groups in total. The fourth-order valence-corrected chi connectivity index (χ4v) is 3.57. The number of benzene rings is 1. The van der Waals surface area contributed by atoms with Crippen LogP contribution in [0.2, 0.25) is 0 Å². The number of anilines is 1. The van der Waals surface area contributed by atoms with Crippen molar-refractivity contribution in [1.29, 1.82) is 0 Å². The monoisotopic (exact) mass is 352 g/mol. The van der Waals surface area contributed by atoms with Gasteiger partial charge in [-0.15, -0.1) is 0 Å². The van der Waals surface area contributed by atoms with Crippen LogP contribution in [0.1, 0.15) is 87.4 Å². The van der Waals surface area contributed by atoms with Crippen molar-refractivity contribution in [3.63, 3.8) is 0 Å². The molecule has 1 unspecified atom stereocenters. The summed E-state index contributed by atoms with van der Waals surface area (Å²) in [6.07, 6.45) is 13.9. The van der Waals surface area contributed by atoms with E-state index in [0.29, 0.717) is 6.04 Å². The van der Waals surface area contributed by atoms with Crippen LogP contribution in [0.5, 0.6) is 0 Å². The molecule has 0 spiro atoms. The van der Waals surface area contributed by atoms with E-state index in [-0.39, 0.29) is 0 Å². The molecule has 0 amide bonds. The van der Waals surface area contributed by atoms with Crippen molar-refractivity contribution in [1.82, 2.24) is 4.98 Å². The molecule has 1 aromatic heterocycles. The van der Waals surface area contributed by atoms with Crippen molar-refractivity contribution in [2.75, 3.05) is 5.32 Å². The minimum absolute atomic E-state index is 0.338. The molecule has 0 saturated heterocycles. The molecule has 1 heterocycles. The van der Waals surface area contributed by atoms with Crippen LogP contribution in [0.15, 0.2) is 42.6 Å². The quantitative estimate of drug-likeness (QED) is 0.403. The zero-order chi connectivity index (χ0) is 18.6. The predicted octanol–water partition coefficient (Wildman–Crippen LogP) is 7.38. The lowest BCUT2D eigenvalue weighted by Gasteiger charge is -2.22. The van der Waals surface area contributed by atoms with E-state index in [2.05, 4.69) is 61.4 Å². The summed E-state index contributed by atoms with van der Waals surface area (Å²) >= 11 is 0. The maximum Gasteiger partial charge on any atom is 0.129 e. The number of pyridine rings is 1. The first-order chi connectivity index (χ1) is 12.7. The fourth-order valence-electron chi connectivity index (χ4n) is 3.57. The zero-order valence-electron chi connectivity index (χ0n) is 16.9. The molecule has 0 bridgehead atoms. The lowest BCUT2D eigenvalue weighted by Crippen LogP contribution is -2.14. The van der Waals surface area contributed by atoms with Gasteiger partial charge in [0.2, 0.25) is 0 Å². The van der Waals surface area contributed by atoms with Gasteiger partial charge < -0.3 is 5.32 Å². The minimum Gasteiger partial charge on any atom is -0.363 e. The molecule has 2 rings (SSSR count). The predicted molar refractivity (Wildman–Crippen MR) is 114 cm³/mol. The van der Waals surface area contributed by atoms with Gasteiger partial charge in [0.05, 0.1) is 6.04 Å². The van der Waals surface area contributed by atoms with Gasteiger partial charge in [0.15, 0.2) is 0 Å². The van der Waals surface area contributed by atoms with Gasteiger partial charge >= 0.3 is 0 Å². The number of hydrogen-bond donors (Lipinski definition) is 1. The molecule has 0 fully saturated rings. The maximum atomic E-state index is 4.55. The van der Waals surface area contributed by atoms with Crippen LogP contribution >= 0.6 is 0 Å². The highest BCUT2D eigenvalue weighted by atomic mass is 15.0. The van der Waals surface area contributed by atoms with Crippen molar-refractivity contribution in [3.8, 4) is 0 Å². The first-order valence-electron chi connectivity index (χ1n) is 10.5. The molecule has 1 atom stereocenters. The van der Waals surface area contributed by atoms with E-state index in [0.717, 1.165) is 12.2 Å². The van der Waals surface area contributed by atoms with Crippen LogP contribution in [0, 0.1) is 13.8 Å². The number of hydrogen-bond acceptors (Lipinski definition) is 2. The van der Waals surface area contributed by atoms with Crippen LogP contribution in [-0.2, 0) is 0 Å². The van der Waals surface area contributed by atoms with Crippen LogP contribution in [-0.4, -0.2) is 4.98 Å². The SMILES string of the molecule is CCCCCCCCCCC(Nc1ncccc1C)c1ccccc1C. The first-order valence-corrected chi connectivity index (χ1v) is 10.5. The molecule has 1 aromatic carbocycles. The third-order valence-corrected chi connectivity index (χ3v) is 5.23. The highest BCUT2D eigenvalue weighted by Crippen LogP contribution is 2.28. The highest BCUT2D eigenvalue weighted by Gasteiger charge is 2.14. The molecule has 2 nitrogen and oxygen atoms in total. The van der Waals surface area contributed by atoms with Gasteiger partial charge in [-0.05, 0) is 43.0 Å². The summed E-state index contributed by atoms with van der Waals surface area (Å²) in [5.74, 6) is 1.01. The van der Waals surface area contributed by atoms with E-state index in [1.54, 1.807) is 0 Å². The van der Waals surface area contributed by atoms with Crippen LogP contribution in [0.3, 0.4) is 0 Å². The Bertz CT molecular complexity index is 636. The smallest absolute Gasteiger partial charge is 0.129 e. The Morgan fingerprint density at radius 2 is 1.46 bits per heavy atom. The summed E-state index contributed by atoms with van der Waals surface area (Å²) in [6, 6.07) is 13.2. The molecule has 26 heavy (non-hydrogen) atoms. The fraction of sp³-hybridized carbons (Fsp3) is 0.542. The second-order valence-electron chi connectivity index (χ2n) is 7.49. The molecular weight excluding hydrogens is 316 g/mol. The van der Waals surface area contributed by atoms with Crippen molar-refractivity contribution in [2.45, 2.75) is 84.6 Å². The number of aromatic nitrogens is 1. The number of nitrogens with zero attached hydrogens (tertiary/aromatic N) is 1. The van der Waals surface area contributed by atoms with Gasteiger partial charge in [0, 0.05) is 6.20 Å². The van der Waals surface area contributed by atoms with E-state index < -0.39 is 0 Å². The summed E-state index contributed by atoms with van der Waals surface area (Å²) in [5.41, 5.74) is 3.97. The summed E-state index contributed by atoms with van der Waals surface area (Å²) in [5, 5.41) is 3.71. The second-order valence-corrected chi connectivity index (χ2v) is 7.49. The normalized spacial score (nSPS) is 12.1. The summed E-state index contributed by atoms with van der Waals surface area (Å²) in [6.45, 7) is 6.62. The minimum atomic E-state index is 0.338. The van der Waals surface area contributed by atoms with Crippen molar-refractivity contribution >= 4 is 5.82 Å². The Morgan fingerprint density at radius 3 is 2.15 bits per heavy atom. The molecule has 2 heteroatoms. The average molecular weight is 353 g/mol. The Labute approximate surface area is 160 Å². The number of unbranched alkanes of at least 4 members (excludes halogenated alkanes) is 7. The second kappa shape index (κ2) is 11.7. The van der Waals surface area contributed by atoms with Crippen LogP contribution in [0.25, 0.3) is 0 Å². The zero-order valence-corrected chi connectivity index (χ0v) is 16.9. The van der Waals surface area contributed by atoms with Crippen molar-refractivity contribution < 1.29 is 0 Å². The molecule has 0 aliphatic heterocycles. The van der Waals surface area contributed by atoms with Gasteiger partial charge in [0.1, 0.15) is 5.82 Å². The highest BCUT2D eigenvalue weighted by molar-refractivity contribution is 5.46. The standard InChI is InChI=1S/C24H36N2/c1-4-5-6-7-8-9-10-11-18-23(22-17-13-12-15-20(22)2)26-24-21(3)16-14-19-25-24/h12-17,19,23H,4-11,18H2,1-3H3,(H,25,26). The maximum absolute atomic E-state index is 4.55.